The molecule has 1 aliphatic rings. The first-order valence-electron chi connectivity index (χ1n) is 22.6. The summed E-state index contributed by atoms with van der Waals surface area (Å²) < 4.78 is 2.39. The van der Waals surface area contributed by atoms with Crippen molar-refractivity contribution in [2.45, 2.75) is 19.3 Å². The van der Waals surface area contributed by atoms with Gasteiger partial charge in [0.15, 0.2) is 0 Å². The molecule has 0 radical (unpaired) electrons. The molecule has 0 atom stereocenters. The summed E-state index contributed by atoms with van der Waals surface area (Å²) in [6.07, 6.45) is 0. The number of aromatic nitrogens is 1. The Morgan fingerprint density at radius 2 is 0.877 bits per heavy atom. The van der Waals surface area contributed by atoms with Crippen molar-refractivity contribution in [1.29, 1.82) is 0 Å². The van der Waals surface area contributed by atoms with Gasteiger partial charge >= 0.3 is 0 Å². The maximum absolute atomic E-state index is 2.49. The number of benzene rings is 10. The van der Waals surface area contributed by atoms with Gasteiger partial charge in [-0.15, -0.1) is 0 Å². The second-order valence-corrected chi connectivity index (χ2v) is 17.6. The van der Waals surface area contributed by atoms with Crippen LogP contribution in [0.3, 0.4) is 0 Å². The number of fused-ring (bicyclic) bond motifs is 6. The largest absolute Gasteiger partial charge is 0.310 e. The third kappa shape index (κ3) is 6.32. The SMILES string of the molecule is CC1(C)c2ccccc2-c2cc(N(c3ccc(-c4cccc5c4c4ccccc4n5-c4ccccc4)cc3)c3cccc(-c4ccccc4)c3-c3ccccc3-c3ccccc3)ccc21. The molecule has 65 heavy (non-hydrogen) atoms. The molecule has 0 spiro atoms. The molecule has 12 rings (SSSR count). The molecule has 10 aromatic carbocycles. The lowest BCUT2D eigenvalue weighted by Gasteiger charge is -2.31. The number of anilines is 3. The minimum atomic E-state index is -0.103. The quantitative estimate of drug-likeness (QED) is 0.148. The highest BCUT2D eigenvalue weighted by Gasteiger charge is 2.36. The molecule has 0 amide bonds. The van der Waals surface area contributed by atoms with Crippen LogP contribution in [0.2, 0.25) is 0 Å². The van der Waals surface area contributed by atoms with Gasteiger partial charge in [0.05, 0.1) is 16.7 Å². The minimum absolute atomic E-state index is 0.103. The van der Waals surface area contributed by atoms with Crippen molar-refractivity contribution >= 4 is 38.9 Å². The van der Waals surface area contributed by atoms with Crippen LogP contribution in [0, 0.1) is 0 Å². The fourth-order valence-electron chi connectivity index (χ4n) is 10.6. The average molecular weight is 831 g/mol. The van der Waals surface area contributed by atoms with Crippen LogP contribution in [0.5, 0.6) is 0 Å². The smallest absolute Gasteiger partial charge is 0.0547 e. The first-order chi connectivity index (χ1) is 32.0. The summed E-state index contributed by atoms with van der Waals surface area (Å²) in [6.45, 7) is 4.71. The maximum atomic E-state index is 2.49. The molecule has 0 bridgehead atoms. The van der Waals surface area contributed by atoms with Gasteiger partial charge in [-0.05, 0) is 116 Å². The van der Waals surface area contributed by atoms with Crippen molar-refractivity contribution in [3.63, 3.8) is 0 Å². The fraction of sp³-hybridized carbons (Fsp3) is 0.0476. The molecule has 2 heteroatoms. The van der Waals surface area contributed by atoms with E-state index in [1.54, 1.807) is 0 Å². The molecular formula is C63H46N2. The first kappa shape index (κ1) is 38.5. The minimum Gasteiger partial charge on any atom is -0.310 e. The van der Waals surface area contributed by atoms with Gasteiger partial charge in [0.25, 0.3) is 0 Å². The molecule has 2 nitrogen and oxygen atoms in total. The third-order valence-electron chi connectivity index (χ3n) is 13.6. The standard InChI is InChI=1S/C63H46N2/c1-63(2)56-32-16-14-27-52(56)55-42-48(40-41-57(55)63)64(59-34-18-30-50(44-22-8-4-9-23-44)61(59)53-28-13-12-26-49(53)43-20-6-3-7-21-43)47-38-36-45(37-39-47)51-31-19-35-60-62(51)54-29-15-17-33-58(54)65(60)46-24-10-5-11-25-46/h3-42H,1-2H3. The van der Waals surface area contributed by atoms with Crippen molar-refractivity contribution in [3.8, 4) is 61.3 Å². The lowest BCUT2D eigenvalue weighted by molar-refractivity contribution is 0.660. The van der Waals surface area contributed by atoms with E-state index >= 15 is 0 Å². The molecule has 1 aromatic heterocycles. The van der Waals surface area contributed by atoms with Crippen LogP contribution in [-0.4, -0.2) is 4.57 Å². The predicted molar refractivity (Wildman–Crippen MR) is 275 cm³/mol. The molecule has 1 aliphatic carbocycles. The number of nitrogens with zero attached hydrogens (tertiary/aromatic N) is 2. The highest BCUT2D eigenvalue weighted by atomic mass is 15.1. The van der Waals surface area contributed by atoms with E-state index < -0.39 is 0 Å². The number of hydrogen-bond donors (Lipinski definition) is 0. The molecule has 0 fully saturated rings. The summed E-state index contributed by atoms with van der Waals surface area (Å²) in [6, 6.07) is 88.9. The molecule has 0 saturated carbocycles. The van der Waals surface area contributed by atoms with Crippen LogP contribution in [0.15, 0.2) is 243 Å². The molecule has 1 heterocycles. The van der Waals surface area contributed by atoms with E-state index in [4.69, 9.17) is 0 Å². The summed E-state index contributed by atoms with van der Waals surface area (Å²) in [4.78, 5) is 2.49. The molecule has 11 aromatic rings. The van der Waals surface area contributed by atoms with E-state index in [1.807, 2.05) is 0 Å². The molecule has 0 N–H and O–H groups in total. The van der Waals surface area contributed by atoms with Crippen molar-refractivity contribution < 1.29 is 0 Å². The van der Waals surface area contributed by atoms with Crippen LogP contribution in [-0.2, 0) is 5.41 Å². The van der Waals surface area contributed by atoms with E-state index in [1.165, 1.54) is 88.6 Å². The van der Waals surface area contributed by atoms with Gasteiger partial charge in [0.2, 0.25) is 0 Å². The Morgan fingerprint density at radius 3 is 1.63 bits per heavy atom. The predicted octanol–water partition coefficient (Wildman–Crippen LogP) is 17.2. The van der Waals surface area contributed by atoms with Gasteiger partial charge in [-0.3, -0.25) is 0 Å². The molecule has 308 valence electrons. The average Bonchev–Trinajstić information content (AvgIpc) is 3.83. The zero-order valence-corrected chi connectivity index (χ0v) is 36.5. The van der Waals surface area contributed by atoms with E-state index in [-0.39, 0.29) is 5.41 Å². The number of hydrogen-bond acceptors (Lipinski definition) is 1. The van der Waals surface area contributed by atoms with Gasteiger partial charge in [-0.25, -0.2) is 0 Å². The fourth-order valence-corrected chi connectivity index (χ4v) is 10.6. The topological polar surface area (TPSA) is 8.17 Å². The van der Waals surface area contributed by atoms with Gasteiger partial charge in [-0.2, -0.15) is 0 Å². The van der Waals surface area contributed by atoms with Crippen molar-refractivity contribution in [3.05, 3.63) is 254 Å². The summed E-state index contributed by atoms with van der Waals surface area (Å²) in [7, 11) is 0. The van der Waals surface area contributed by atoms with Crippen LogP contribution >= 0.6 is 0 Å². The van der Waals surface area contributed by atoms with Crippen molar-refractivity contribution in [2.24, 2.45) is 0 Å². The Kier molecular flexibility index (Phi) is 9.21. The highest BCUT2D eigenvalue weighted by molar-refractivity contribution is 6.16. The van der Waals surface area contributed by atoms with E-state index in [0.717, 1.165) is 22.7 Å². The summed E-state index contributed by atoms with van der Waals surface area (Å²) in [5.74, 6) is 0. The summed E-state index contributed by atoms with van der Waals surface area (Å²) in [5.41, 5.74) is 21.6. The van der Waals surface area contributed by atoms with Crippen LogP contribution in [0.1, 0.15) is 25.0 Å². The van der Waals surface area contributed by atoms with Crippen LogP contribution < -0.4 is 4.90 Å². The van der Waals surface area contributed by atoms with E-state index in [2.05, 4.69) is 266 Å². The zero-order chi connectivity index (χ0) is 43.5. The van der Waals surface area contributed by atoms with E-state index in [9.17, 15) is 0 Å². The zero-order valence-electron chi connectivity index (χ0n) is 36.5. The highest BCUT2D eigenvalue weighted by Crippen LogP contribution is 2.53. The Bertz CT molecular complexity index is 3550. The lowest BCUT2D eigenvalue weighted by atomic mass is 9.82. The molecule has 0 saturated heterocycles. The lowest BCUT2D eigenvalue weighted by Crippen LogP contribution is -2.15. The Morgan fingerprint density at radius 1 is 0.354 bits per heavy atom. The molecular weight excluding hydrogens is 785 g/mol. The summed E-state index contributed by atoms with van der Waals surface area (Å²) in [5, 5.41) is 2.50. The van der Waals surface area contributed by atoms with Crippen LogP contribution in [0.25, 0.3) is 83.1 Å². The molecule has 0 aliphatic heterocycles. The maximum Gasteiger partial charge on any atom is 0.0547 e. The monoisotopic (exact) mass is 830 g/mol. The van der Waals surface area contributed by atoms with Gasteiger partial charge in [0.1, 0.15) is 0 Å². The van der Waals surface area contributed by atoms with E-state index in [0.29, 0.717) is 0 Å². The Labute approximate surface area is 381 Å². The second kappa shape index (κ2) is 15.6. The Balaban J connectivity index is 1.10. The Hall–Kier alpha value is -8.20. The third-order valence-corrected chi connectivity index (χ3v) is 13.6. The van der Waals surface area contributed by atoms with Crippen molar-refractivity contribution in [1.82, 2.24) is 4.57 Å². The molecule has 0 unspecified atom stereocenters. The summed E-state index contributed by atoms with van der Waals surface area (Å²) >= 11 is 0. The number of para-hydroxylation sites is 2. The van der Waals surface area contributed by atoms with Crippen molar-refractivity contribution in [2.75, 3.05) is 4.90 Å². The second-order valence-electron chi connectivity index (χ2n) is 17.6. The van der Waals surface area contributed by atoms with Gasteiger partial charge in [0, 0.05) is 38.8 Å². The van der Waals surface area contributed by atoms with Crippen LogP contribution in [0.4, 0.5) is 17.1 Å². The first-order valence-corrected chi connectivity index (χ1v) is 22.6. The van der Waals surface area contributed by atoms with Gasteiger partial charge < -0.3 is 9.47 Å². The number of rotatable bonds is 8. The normalized spacial score (nSPS) is 12.6. The van der Waals surface area contributed by atoms with Gasteiger partial charge in [-0.1, -0.05) is 202 Å².